The van der Waals surface area contributed by atoms with Crippen LogP contribution in [0.25, 0.3) is 0 Å². The van der Waals surface area contributed by atoms with Crippen molar-refractivity contribution >= 4 is 39.1 Å². The highest BCUT2D eigenvalue weighted by atomic mass is 79.9. The zero-order chi connectivity index (χ0) is 18.2. The summed E-state index contributed by atoms with van der Waals surface area (Å²) in [6.07, 6.45) is 2.04. The van der Waals surface area contributed by atoms with E-state index in [0.717, 1.165) is 27.2 Å². The monoisotopic (exact) mass is 423 g/mol. The molecule has 0 saturated heterocycles. The first-order chi connectivity index (χ1) is 12.7. The molecule has 3 rings (SSSR count). The molecule has 0 fully saturated rings. The van der Waals surface area contributed by atoms with Crippen LogP contribution in [0.2, 0.25) is 0 Å². The first-order valence-corrected chi connectivity index (χ1v) is 9.79. The highest BCUT2D eigenvalue weighted by molar-refractivity contribution is 9.10. The van der Waals surface area contributed by atoms with Gasteiger partial charge in [0.05, 0.1) is 18.5 Å². The molecule has 2 nitrogen and oxygen atoms in total. The zero-order valence-corrected chi connectivity index (χ0v) is 16.7. The van der Waals surface area contributed by atoms with Gasteiger partial charge < -0.3 is 4.74 Å². The van der Waals surface area contributed by atoms with Gasteiger partial charge in [-0.2, -0.15) is 0 Å². The number of methoxy groups -OCH3 is 1. The van der Waals surface area contributed by atoms with E-state index in [1.165, 1.54) is 4.90 Å². The molecule has 0 aliphatic carbocycles. The molecule has 0 bridgehead atoms. The van der Waals surface area contributed by atoms with Crippen molar-refractivity contribution in [1.82, 2.24) is 0 Å². The van der Waals surface area contributed by atoms with Crippen LogP contribution in [-0.2, 0) is 0 Å². The van der Waals surface area contributed by atoms with E-state index in [-0.39, 0.29) is 0 Å². The Kier molecular flexibility index (Phi) is 6.69. The molecular weight excluding hydrogens is 406 g/mol. The van der Waals surface area contributed by atoms with Crippen LogP contribution in [-0.4, -0.2) is 12.8 Å². The lowest BCUT2D eigenvalue weighted by Gasteiger charge is -2.05. The van der Waals surface area contributed by atoms with Crippen LogP contribution in [0.15, 0.2) is 105 Å². The SMILES string of the molecule is COc1ccc(C(C=CSc2cccc(Br)c2)=Nc2ccccc2)cc1. The summed E-state index contributed by atoms with van der Waals surface area (Å²) in [4.78, 5) is 5.97. The Morgan fingerprint density at radius 1 is 0.962 bits per heavy atom. The second-order valence-electron chi connectivity index (χ2n) is 5.44. The van der Waals surface area contributed by atoms with Gasteiger partial charge in [-0.25, -0.2) is 4.99 Å². The number of thioether (sulfide) groups is 1. The lowest BCUT2D eigenvalue weighted by Crippen LogP contribution is -1.96. The van der Waals surface area contributed by atoms with Gasteiger partial charge in [0.1, 0.15) is 5.75 Å². The number of nitrogens with zero attached hydrogens (tertiary/aromatic N) is 1. The maximum atomic E-state index is 5.25. The van der Waals surface area contributed by atoms with E-state index in [0.29, 0.717) is 0 Å². The van der Waals surface area contributed by atoms with Gasteiger partial charge in [-0.1, -0.05) is 52.0 Å². The highest BCUT2D eigenvalue weighted by Gasteiger charge is 2.02. The van der Waals surface area contributed by atoms with Crippen molar-refractivity contribution in [2.24, 2.45) is 4.99 Å². The minimum atomic E-state index is 0.834. The van der Waals surface area contributed by atoms with Gasteiger partial charge in [0.15, 0.2) is 0 Å². The Morgan fingerprint density at radius 3 is 2.42 bits per heavy atom. The van der Waals surface area contributed by atoms with E-state index in [1.807, 2.05) is 72.8 Å². The van der Waals surface area contributed by atoms with Gasteiger partial charge in [0, 0.05) is 14.9 Å². The van der Waals surface area contributed by atoms with Crippen LogP contribution in [0.1, 0.15) is 5.56 Å². The molecule has 0 spiro atoms. The first kappa shape index (κ1) is 18.5. The molecule has 0 atom stereocenters. The molecule has 0 saturated carbocycles. The lowest BCUT2D eigenvalue weighted by atomic mass is 10.1. The third-order valence-electron chi connectivity index (χ3n) is 3.62. The number of aliphatic imine (C=N–C) groups is 1. The fraction of sp³-hybridized carbons (Fsp3) is 0.0455. The number of para-hydroxylation sites is 1. The van der Waals surface area contributed by atoms with Crippen molar-refractivity contribution in [3.63, 3.8) is 0 Å². The molecule has 0 aliphatic heterocycles. The van der Waals surface area contributed by atoms with E-state index in [9.17, 15) is 0 Å². The van der Waals surface area contributed by atoms with E-state index in [1.54, 1.807) is 18.9 Å². The molecule has 4 heteroatoms. The summed E-state index contributed by atoms with van der Waals surface area (Å²) < 4.78 is 6.32. The van der Waals surface area contributed by atoms with Crippen LogP contribution in [0.3, 0.4) is 0 Å². The van der Waals surface area contributed by atoms with Crippen molar-refractivity contribution in [1.29, 1.82) is 0 Å². The van der Waals surface area contributed by atoms with Gasteiger partial charge in [-0.15, -0.1) is 0 Å². The number of ether oxygens (including phenoxy) is 1. The largest absolute Gasteiger partial charge is 0.497 e. The third kappa shape index (κ3) is 5.35. The zero-order valence-electron chi connectivity index (χ0n) is 14.3. The molecule has 0 aromatic heterocycles. The standard InChI is InChI=1S/C22H18BrNOS/c1-25-20-12-10-17(11-13-20)22(24-19-7-3-2-4-8-19)14-15-26-21-9-5-6-18(23)16-21/h2-16H,1H3. The van der Waals surface area contributed by atoms with Crippen molar-refractivity contribution in [2.75, 3.05) is 7.11 Å². The first-order valence-electron chi connectivity index (χ1n) is 8.11. The van der Waals surface area contributed by atoms with Gasteiger partial charge in [-0.05, 0) is 66.1 Å². The van der Waals surface area contributed by atoms with Crippen LogP contribution in [0.4, 0.5) is 5.69 Å². The predicted octanol–water partition coefficient (Wildman–Crippen LogP) is 6.88. The number of benzene rings is 3. The van der Waals surface area contributed by atoms with Crippen LogP contribution in [0, 0.1) is 0 Å². The maximum absolute atomic E-state index is 5.25. The number of rotatable bonds is 6. The number of hydrogen-bond donors (Lipinski definition) is 0. The molecule has 0 amide bonds. The number of allylic oxidation sites excluding steroid dienone is 1. The predicted molar refractivity (Wildman–Crippen MR) is 115 cm³/mol. The van der Waals surface area contributed by atoms with Gasteiger partial charge in [0.2, 0.25) is 0 Å². The average molecular weight is 424 g/mol. The summed E-state index contributed by atoms with van der Waals surface area (Å²) >= 11 is 5.16. The summed E-state index contributed by atoms with van der Waals surface area (Å²) in [7, 11) is 1.67. The average Bonchev–Trinajstić information content (AvgIpc) is 2.68. The maximum Gasteiger partial charge on any atom is 0.118 e. The second-order valence-corrected chi connectivity index (χ2v) is 7.33. The van der Waals surface area contributed by atoms with Gasteiger partial charge >= 0.3 is 0 Å². The molecule has 130 valence electrons. The molecule has 3 aromatic rings. The minimum absolute atomic E-state index is 0.834. The molecule has 0 unspecified atom stereocenters. The van der Waals surface area contributed by atoms with Crippen molar-refractivity contribution in [2.45, 2.75) is 4.90 Å². The number of hydrogen-bond acceptors (Lipinski definition) is 3. The fourth-order valence-corrected chi connectivity index (χ4v) is 3.58. The molecule has 0 N–H and O–H groups in total. The normalized spacial score (nSPS) is 11.7. The Balaban J connectivity index is 1.87. The topological polar surface area (TPSA) is 21.6 Å². The molecule has 26 heavy (non-hydrogen) atoms. The van der Waals surface area contributed by atoms with Crippen molar-refractivity contribution in [3.05, 3.63) is 100 Å². The van der Waals surface area contributed by atoms with Crippen molar-refractivity contribution < 1.29 is 4.74 Å². The quantitative estimate of drug-likeness (QED) is 0.318. The molecule has 0 aliphatic rings. The summed E-state index contributed by atoms with van der Waals surface area (Å²) in [5, 5.41) is 2.06. The fourth-order valence-electron chi connectivity index (χ4n) is 2.32. The van der Waals surface area contributed by atoms with Crippen molar-refractivity contribution in [3.8, 4) is 5.75 Å². The summed E-state index contributed by atoms with van der Waals surface area (Å²) in [5.41, 5.74) is 2.87. The van der Waals surface area contributed by atoms with E-state index in [2.05, 4.69) is 33.5 Å². The lowest BCUT2D eigenvalue weighted by molar-refractivity contribution is 0.415. The number of halogens is 1. The Hall–Kier alpha value is -2.30. The van der Waals surface area contributed by atoms with E-state index >= 15 is 0 Å². The Bertz CT molecular complexity index is 905. The van der Waals surface area contributed by atoms with Crippen LogP contribution >= 0.6 is 27.7 Å². The van der Waals surface area contributed by atoms with Gasteiger partial charge in [0.25, 0.3) is 0 Å². The molecular formula is C22H18BrNOS. The second kappa shape index (κ2) is 9.41. The van der Waals surface area contributed by atoms with Gasteiger partial charge in [-0.3, -0.25) is 0 Å². The highest BCUT2D eigenvalue weighted by Crippen LogP contribution is 2.24. The molecule has 0 heterocycles. The van der Waals surface area contributed by atoms with Crippen LogP contribution in [0.5, 0.6) is 5.75 Å². The summed E-state index contributed by atoms with van der Waals surface area (Å²) in [6.45, 7) is 0. The molecule has 0 radical (unpaired) electrons. The van der Waals surface area contributed by atoms with E-state index in [4.69, 9.17) is 9.73 Å². The smallest absolute Gasteiger partial charge is 0.118 e. The third-order valence-corrected chi connectivity index (χ3v) is 4.91. The summed E-state index contributed by atoms with van der Waals surface area (Å²) in [6, 6.07) is 26.1. The Morgan fingerprint density at radius 2 is 1.73 bits per heavy atom. The van der Waals surface area contributed by atoms with E-state index < -0.39 is 0 Å². The minimum Gasteiger partial charge on any atom is -0.497 e. The Labute approximate surface area is 166 Å². The van der Waals surface area contributed by atoms with Crippen LogP contribution < -0.4 is 4.74 Å². The summed E-state index contributed by atoms with van der Waals surface area (Å²) in [5.74, 6) is 0.834. The molecule has 3 aromatic carbocycles.